The molecule has 0 rings (SSSR count). The van der Waals surface area contributed by atoms with Gasteiger partial charge in [0.2, 0.25) is 0 Å². The van der Waals surface area contributed by atoms with Gasteiger partial charge >= 0.3 is 0 Å². The highest BCUT2D eigenvalue weighted by Crippen LogP contribution is 2.21. The molecule has 0 heterocycles. The molecule has 0 aromatic rings. The lowest BCUT2D eigenvalue weighted by molar-refractivity contribution is 0.352. The van der Waals surface area contributed by atoms with E-state index in [2.05, 4.69) is 27.7 Å². The van der Waals surface area contributed by atoms with Gasteiger partial charge in [0, 0.05) is 0 Å². The maximum absolute atomic E-state index is 4.02. The smallest absolute Gasteiger partial charge is 0.0417 e. The Balaban J connectivity index is 3.10. The third-order valence-electron chi connectivity index (χ3n) is 4.94. The topological polar surface area (TPSA) is 0 Å². The van der Waals surface area contributed by atoms with Crippen molar-refractivity contribution in [2.45, 2.75) is 111 Å². The zero-order valence-corrected chi connectivity index (χ0v) is 14.8. The Hall–Kier alpha value is 0. The molecule has 121 valence electrons. The molecule has 0 aliphatic carbocycles. The van der Waals surface area contributed by atoms with Gasteiger partial charge in [-0.25, -0.2) is 0 Å². The van der Waals surface area contributed by atoms with Crippen LogP contribution >= 0.6 is 0 Å². The van der Waals surface area contributed by atoms with E-state index in [0.717, 1.165) is 18.3 Å². The maximum atomic E-state index is 4.02. The first-order valence-electron chi connectivity index (χ1n) is 9.51. The van der Waals surface area contributed by atoms with Gasteiger partial charge in [-0.15, -0.1) is 0 Å². The lowest BCUT2D eigenvalue weighted by atomic mass is 9.89. The molecule has 0 bridgehead atoms. The lowest BCUT2D eigenvalue weighted by Crippen LogP contribution is -2.06. The van der Waals surface area contributed by atoms with Crippen LogP contribution in [0.1, 0.15) is 111 Å². The third-order valence-corrected chi connectivity index (χ3v) is 4.94. The van der Waals surface area contributed by atoms with Crippen molar-refractivity contribution in [2.75, 3.05) is 0 Å². The molecule has 0 amide bonds. The van der Waals surface area contributed by atoms with E-state index in [9.17, 15) is 0 Å². The normalized spacial score (nSPS) is 14.4. The fourth-order valence-electron chi connectivity index (χ4n) is 2.88. The number of rotatable bonds is 15. The molecule has 20 heavy (non-hydrogen) atoms. The van der Waals surface area contributed by atoms with Crippen molar-refractivity contribution >= 4 is 0 Å². The molecule has 0 aliphatic heterocycles. The van der Waals surface area contributed by atoms with E-state index in [4.69, 9.17) is 0 Å². The minimum atomic E-state index is 0.808. The fraction of sp³-hybridized carbons (Fsp3) is 0.950. The quantitative estimate of drug-likeness (QED) is 0.271. The Bertz CT molecular complexity index is 173. The summed E-state index contributed by atoms with van der Waals surface area (Å²) in [5.41, 5.74) is 0. The predicted molar refractivity (Wildman–Crippen MR) is 94.0 cm³/mol. The molecule has 0 aromatic carbocycles. The van der Waals surface area contributed by atoms with Crippen molar-refractivity contribution in [1.29, 1.82) is 0 Å². The molecule has 0 saturated carbocycles. The first kappa shape index (κ1) is 20.0. The molecule has 2 atom stereocenters. The number of hydrogen-bond donors (Lipinski definition) is 0. The van der Waals surface area contributed by atoms with E-state index in [0.29, 0.717) is 0 Å². The maximum Gasteiger partial charge on any atom is -0.0417 e. The van der Waals surface area contributed by atoms with Crippen molar-refractivity contribution in [3.8, 4) is 0 Å². The number of unbranched alkanes of at least 4 members (excludes halogenated alkanes) is 11. The first-order chi connectivity index (χ1) is 9.72. The molecule has 2 unspecified atom stereocenters. The van der Waals surface area contributed by atoms with Gasteiger partial charge in [-0.05, 0) is 11.8 Å². The van der Waals surface area contributed by atoms with Crippen LogP contribution in [0.15, 0.2) is 0 Å². The van der Waals surface area contributed by atoms with Crippen LogP contribution in [0.5, 0.6) is 0 Å². The van der Waals surface area contributed by atoms with Gasteiger partial charge in [-0.1, -0.05) is 118 Å². The van der Waals surface area contributed by atoms with Crippen LogP contribution in [-0.4, -0.2) is 0 Å². The van der Waals surface area contributed by atoms with Crippen LogP contribution < -0.4 is 0 Å². The first-order valence-corrected chi connectivity index (χ1v) is 9.51. The van der Waals surface area contributed by atoms with E-state index in [-0.39, 0.29) is 0 Å². The van der Waals surface area contributed by atoms with Crippen LogP contribution in [0.2, 0.25) is 0 Å². The molecule has 0 spiro atoms. The van der Waals surface area contributed by atoms with Crippen molar-refractivity contribution in [3.05, 3.63) is 6.92 Å². The molecule has 0 N–H and O–H groups in total. The molecule has 0 saturated heterocycles. The van der Waals surface area contributed by atoms with Crippen LogP contribution in [0.4, 0.5) is 0 Å². The summed E-state index contributed by atoms with van der Waals surface area (Å²) in [5.74, 6) is 1.68. The molecule has 1 radical (unpaired) electrons. The summed E-state index contributed by atoms with van der Waals surface area (Å²) in [6, 6.07) is 0. The Kier molecular flexibility index (Phi) is 15.4. The average molecular weight is 282 g/mol. The molecule has 0 aromatic heterocycles. The zero-order valence-electron chi connectivity index (χ0n) is 14.8. The van der Waals surface area contributed by atoms with Crippen LogP contribution in [-0.2, 0) is 0 Å². The van der Waals surface area contributed by atoms with Crippen molar-refractivity contribution < 1.29 is 0 Å². The Morgan fingerprint density at radius 1 is 0.600 bits per heavy atom. The zero-order chi connectivity index (χ0) is 15.1. The minimum absolute atomic E-state index is 0.808. The van der Waals surface area contributed by atoms with Gasteiger partial charge in [0.25, 0.3) is 0 Å². The summed E-state index contributed by atoms with van der Waals surface area (Å²) >= 11 is 0. The van der Waals surface area contributed by atoms with Crippen molar-refractivity contribution in [3.63, 3.8) is 0 Å². The van der Waals surface area contributed by atoms with Gasteiger partial charge in [0.05, 0.1) is 0 Å². The molecule has 0 aliphatic rings. The van der Waals surface area contributed by atoms with Gasteiger partial charge < -0.3 is 0 Å². The number of hydrogen-bond acceptors (Lipinski definition) is 0. The Morgan fingerprint density at radius 3 is 1.40 bits per heavy atom. The van der Waals surface area contributed by atoms with E-state index >= 15 is 0 Å². The predicted octanol–water partition coefficient (Wildman–Crippen LogP) is 7.57. The van der Waals surface area contributed by atoms with Gasteiger partial charge in [-0.3, -0.25) is 0 Å². The third kappa shape index (κ3) is 13.0. The molecular formula is C20H41. The molecular weight excluding hydrogens is 240 g/mol. The summed E-state index contributed by atoms with van der Waals surface area (Å²) in [6.45, 7) is 11.1. The largest absolute Gasteiger partial charge is 0.0654 e. The van der Waals surface area contributed by atoms with Crippen molar-refractivity contribution in [2.24, 2.45) is 11.8 Å². The molecule has 0 fully saturated rings. The van der Waals surface area contributed by atoms with E-state index in [1.54, 1.807) is 0 Å². The van der Waals surface area contributed by atoms with Gasteiger partial charge in [-0.2, -0.15) is 0 Å². The summed E-state index contributed by atoms with van der Waals surface area (Å²) < 4.78 is 0. The highest BCUT2D eigenvalue weighted by molar-refractivity contribution is 4.63. The van der Waals surface area contributed by atoms with Gasteiger partial charge in [0.15, 0.2) is 0 Å². The minimum Gasteiger partial charge on any atom is -0.0654 e. The van der Waals surface area contributed by atoms with Gasteiger partial charge in [0.1, 0.15) is 0 Å². The molecule has 0 nitrogen and oxygen atoms in total. The van der Waals surface area contributed by atoms with Crippen LogP contribution in [0, 0.1) is 18.8 Å². The van der Waals surface area contributed by atoms with E-state index in [1.165, 1.54) is 83.5 Å². The van der Waals surface area contributed by atoms with E-state index in [1.807, 2.05) is 0 Å². The monoisotopic (exact) mass is 281 g/mol. The Morgan fingerprint density at radius 2 is 1.00 bits per heavy atom. The second-order valence-electron chi connectivity index (χ2n) is 6.92. The van der Waals surface area contributed by atoms with Crippen molar-refractivity contribution in [1.82, 2.24) is 0 Å². The Labute approximate surface area is 130 Å². The molecule has 0 heteroatoms. The second kappa shape index (κ2) is 15.4. The lowest BCUT2D eigenvalue weighted by Gasteiger charge is -2.17. The SMILES string of the molecule is [CH2]CC(C)C(C)CCCCCCCCCCCCCC. The van der Waals surface area contributed by atoms with Crippen LogP contribution in [0.3, 0.4) is 0 Å². The average Bonchev–Trinajstić information content (AvgIpc) is 2.47. The standard InChI is InChI=1S/C20H41/c1-5-7-8-9-10-11-12-13-14-15-16-17-18-20(4)19(3)6-2/h19-20H,2,5-18H2,1,3-4H3. The van der Waals surface area contributed by atoms with Crippen LogP contribution in [0.25, 0.3) is 0 Å². The summed E-state index contributed by atoms with van der Waals surface area (Å²) in [4.78, 5) is 0. The highest BCUT2D eigenvalue weighted by atomic mass is 14.1. The summed E-state index contributed by atoms with van der Waals surface area (Å²) in [7, 11) is 0. The fourth-order valence-corrected chi connectivity index (χ4v) is 2.88. The second-order valence-corrected chi connectivity index (χ2v) is 6.92. The summed E-state index contributed by atoms with van der Waals surface area (Å²) in [5, 5.41) is 0. The summed E-state index contributed by atoms with van der Waals surface area (Å²) in [6.07, 6.45) is 19.9. The highest BCUT2D eigenvalue weighted by Gasteiger charge is 2.08. The van der Waals surface area contributed by atoms with E-state index < -0.39 is 0 Å².